The van der Waals surface area contributed by atoms with Crippen molar-refractivity contribution in [3.05, 3.63) is 94.1 Å². The molecular formula is C34H36F2N8O4S. The molecule has 12 nitrogen and oxygen atoms in total. The molecule has 4 heterocycles. The maximum absolute atomic E-state index is 14.5. The maximum atomic E-state index is 14.5. The van der Waals surface area contributed by atoms with E-state index in [4.69, 9.17) is 15.2 Å². The van der Waals surface area contributed by atoms with E-state index in [2.05, 4.69) is 30.3 Å². The number of aromatic nitrogens is 4. The molecule has 1 aliphatic carbocycles. The summed E-state index contributed by atoms with van der Waals surface area (Å²) < 4.78 is 40.7. The van der Waals surface area contributed by atoms with Crippen LogP contribution in [-0.4, -0.2) is 75.1 Å². The minimum absolute atomic E-state index is 0.0106. The molecule has 1 amide bonds. The largest absolute Gasteiger partial charge is 0.439 e. The van der Waals surface area contributed by atoms with Crippen LogP contribution in [0.15, 0.2) is 64.9 Å². The van der Waals surface area contributed by atoms with Crippen molar-refractivity contribution >= 4 is 35.1 Å². The number of amides is 1. The zero-order chi connectivity index (χ0) is 34.2. The van der Waals surface area contributed by atoms with Gasteiger partial charge in [-0.1, -0.05) is 31.4 Å². The number of allylic oxidation sites excluding steroid dienone is 1. The first-order valence-electron chi connectivity index (χ1n) is 16.0. The zero-order valence-electron chi connectivity index (χ0n) is 26.7. The van der Waals surface area contributed by atoms with Crippen molar-refractivity contribution in [1.82, 2.24) is 30.0 Å². The number of aliphatic imine (C=N–C) groups is 1. The number of nitrogens with zero attached hydrogens (tertiary/aromatic N) is 6. The Morgan fingerprint density at radius 1 is 1.08 bits per heavy atom. The Hall–Kier alpha value is -4.86. The van der Waals surface area contributed by atoms with Gasteiger partial charge < -0.3 is 20.5 Å². The van der Waals surface area contributed by atoms with Gasteiger partial charge in [0.2, 0.25) is 5.95 Å². The molecule has 256 valence electrons. The molecule has 4 aromatic rings. The fourth-order valence-corrected chi connectivity index (χ4v) is 6.30. The third kappa shape index (κ3) is 8.99. The van der Waals surface area contributed by atoms with Gasteiger partial charge in [0.15, 0.2) is 12.5 Å². The first kappa shape index (κ1) is 34.0. The molecule has 1 saturated carbocycles. The van der Waals surface area contributed by atoms with Crippen LogP contribution in [0.25, 0.3) is 16.3 Å². The molecule has 2 aliphatic rings. The van der Waals surface area contributed by atoms with Crippen molar-refractivity contribution in [2.75, 3.05) is 26.3 Å². The van der Waals surface area contributed by atoms with Gasteiger partial charge in [-0.3, -0.25) is 14.7 Å². The van der Waals surface area contributed by atoms with E-state index in [0.717, 1.165) is 82.6 Å². The molecule has 49 heavy (non-hydrogen) atoms. The smallest absolute Gasteiger partial charge is 0.339 e. The fourth-order valence-electron chi connectivity index (χ4n) is 5.53. The number of nitrogens with two attached hydrogens (primary N) is 1. The molecule has 0 bridgehead atoms. The summed E-state index contributed by atoms with van der Waals surface area (Å²) >= 11 is 1.21. The summed E-state index contributed by atoms with van der Waals surface area (Å²) in [6, 6.07) is 9.16. The number of carbonyl (C=O) groups is 2. The number of esters is 1. The average molecular weight is 691 g/mol. The van der Waals surface area contributed by atoms with Crippen LogP contribution in [0.5, 0.6) is 0 Å². The lowest BCUT2D eigenvalue weighted by molar-refractivity contribution is 0.0341. The number of rotatable bonds is 11. The summed E-state index contributed by atoms with van der Waals surface area (Å²) in [5.74, 6) is -2.86. The molecule has 2 fully saturated rings. The standard InChI is InChI=1S/C34H36F2N8O4S/c35-26-10-11-29(36)42-31(26)30(37)27(17-38-25-4-2-1-3-5-25)40-32(45)28-20-49-33(41-28)24-16-39-44(19-24)21-48-34(46)23-8-6-22(7-9-23)18-43-12-14-47-15-13-43/h6-11,16-17,19-20,25H,1-5,12-15,18,21,37H2,(H,40,45). The highest BCUT2D eigenvalue weighted by atomic mass is 32.1. The van der Waals surface area contributed by atoms with E-state index in [1.165, 1.54) is 22.2 Å². The Kier molecular flexibility index (Phi) is 11.1. The molecule has 6 rings (SSSR count). The summed E-state index contributed by atoms with van der Waals surface area (Å²) in [6.45, 7) is 3.89. The number of halogens is 2. The first-order valence-corrected chi connectivity index (χ1v) is 16.9. The number of hydrogen-bond donors (Lipinski definition) is 2. The van der Waals surface area contributed by atoms with E-state index in [1.54, 1.807) is 29.9 Å². The number of thiazole rings is 1. The molecule has 3 N–H and O–H groups in total. The van der Waals surface area contributed by atoms with Gasteiger partial charge in [-0.15, -0.1) is 11.3 Å². The number of carbonyl (C=O) groups excluding carboxylic acids is 2. The van der Waals surface area contributed by atoms with Crippen LogP contribution in [0.4, 0.5) is 8.78 Å². The number of benzene rings is 1. The monoisotopic (exact) mass is 690 g/mol. The van der Waals surface area contributed by atoms with E-state index in [0.29, 0.717) is 16.1 Å². The molecule has 1 saturated heterocycles. The Bertz CT molecular complexity index is 1830. The summed E-state index contributed by atoms with van der Waals surface area (Å²) in [4.78, 5) is 40.8. The number of ether oxygens (including phenoxy) is 2. The van der Waals surface area contributed by atoms with Crippen LogP contribution < -0.4 is 11.1 Å². The number of nitrogens with one attached hydrogen (secondary N) is 1. The lowest BCUT2D eigenvalue weighted by atomic mass is 9.96. The number of pyridine rings is 1. The van der Waals surface area contributed by atoms with Crippen molar-refractivity contribution in [3.8, 4) is 10.6 Å². The SMILES string of the molecule is NC(=C(C=NC1CCCCC1)NC(=O)c1csc(-c2cnn(COC(=O)c3ccc(CN4CCOCC4)cc3)c2)n1)c1nc(F)ccc1F. The highest BCUT2D eigenvalue weighted by Crippen LogP contribution is 2.24. The van der Waals surface area contributed by atoms with Crippen LogP contribution in [-0.2, 0) is 22.7 Å². The molecule has 15 heteroatoms. The molecular weight excluding hydrogens is 654 g/mol. The zero-order valence-corrected chi connectivity index (χ0v) is 27.5. The number of morpholine rings is 1. The Labute approximate surface area is 285 Å². The third-order valence-corrected chi connectivity index (χ3v) is 9.13. The van der Waals surface area contributed by atoms with Gasteiger partial charge in [0.25, 0.3) is 5.91 Å². The minimum Gasteiger partial charge on any atom is -0.439 e. The second-order valence-corrected chi connectivity index (χ2v) is 12.6. The second-order valence-electron chi connectivity index (χ2n) is 11.8. The molecule has 0 radical (unpaired) electrons. The minimum atomic E-state index is -0.914. The maximum Gasteiger partial charge on any atom is 0.339 e. The van der Waals surface area contributed by atoms with E-state index in [1.807, 2.05) is 12.1 Å². The predicted molar refractivity (Wildman–Crippen MR) is 179 cm³/mol. The van der Waals surface area contributed by atoms with Crippen LogP contribution in [0.3, 0.4) is 0 Å². The van der Waals surface area contributed by atoms with Gasteiger partial charge in [-0.2, -0.15) is 9.49 Å². The Morgan fingerprint density at radius 3 is 2.63 bits per heavy atom. The van der Waals surface area contributed by atoms with E-state index >= 15 is 0 Å². The molecule has 1 aromatic carbocycles. The van der Waals surface area contributed by atoms with Crippen LogP contribution in [0.1, 0.15) is 64.2 Å². The van der Waals surface area contributed by atoms with E-state index in [9.17, 15) is 18.4 Å². The van der Waals surface area contributed by atoms with Crippen molar-refractivity contribution in [3.63, 3.8) is 0 Å². The highest BCUT2D eigenvalue weighted by Gasteiger charge is 2.20. The van der Waals surface area contributed by atoms with Gasteiger partial charge in [0.1, 0.15) is 16.4 Å². The average Bonchev–Trinajstić information content (AvgIpc) is 3.82. The van der Waals surface area contributed by atoms with Gasteiger partial charge in [-0.25, -0.2) is 23.8 Å². The Morgan fingerprint density at radius 2 is 1.86 bits per heavy atom. The van der Waals surface area contributed by atoms with Crippen LogP contribution in [0.2, 0.25) is 0 Å². The third-order valence-electron chi connectivity index (χ3n) is 8.24. The molecule has 0 unspecified atom stereocenters. The van der Waals surface area contributed by atoms with Crippen LogP contribution in [0, 0.1) is 11.8 Å². The fraction of sp³-hybridized carbons (Fsp3) is 0.353. The molecule has 3 aromatic heterocycles. The van der Waals surface area contributed by atoms with E-state index in [-0.39, 0.29) is 29.9 Å². The quantitative estimate of drug-likeness (QED) is 0.129. The molecule has 1 aliphatic heterocycles. The summed E-state index contributed by atoms with van der Waals surface area (Å²) in [7, 11) is 0. The van der Waals surface area contributed by atoms with Gasteiger partial charge in [0, 0.05) is 43.0 Å². The first-order chi connectivity index (χ1) is 23.8. The highest BCUT2D eigenvalue weighted by molar-refractivity contribution is 7.13. The van der Waals surface area contributed by atoms with E-state index < -0.39 is 29.3 Å². The van der Waals surface area contributed by atoms with Crippen LogP contribution >= 0.6 is 11.3 Å². The summed E-state index contributed by atoms with van der Waals surface area (Å²) in [5, 5.41) is 8.96. The lowest BCUT2D eigenvalue weighted by Gasteiger charge is -2.26. The summed E-state index contributed by atoms with van der Waals surface area (Å²) in [5.41, 5.74) is 7.72. The van der Waals surface area contributed by atoms with Crippen molar-refractivity contribution < 1.29 is 27.8 Å². The van der Waals surface area contributed by atoms with Crippen molar-refractivity contribution in [2.45, 2.75) is 51.4 Å². The molecule has 0 atom stereocenters. The van der Waals surface area contributed by atoms with Crippen molar-refractivity contribution in [2.24, 2.45) is 10.7 Å². The lowest BCUT2D eigenvalue weighted by Crippen LogP contribution is -2.35. The summed E-state index contributed by atoms with van der Waals surface area (Å²) in [6.07, 6.45) is 9.55. The Balaban J connectivity index is 1.08. The topological polar surface area (TPSA) is 150 Å². The second kappa shape index (κ2) is 16.0. The van der Waals surface area contributed by atoms with Crippen molar-refractivity contribution in [1.29, 1.82) is 0 Å². The van der Waals surface area contributed by atoms with Gasteiger partial charge in [0.05, 0.1) is 42.4 Å². The normalized spacial score (nSPS) is 16.4. The molecule has 0 spiro atoms. The predicted octanol–water partition coefficient (Wildman–Crippen LogP) is 4.79. The van der Waals surface area contributed by atoms with Gasteiger partial charge in [-0.05, 0) is 42.7 Å². The number of hydrogen-bond acceptors (Lipinski definition) is 11. The van der Waals surface area contributed by atoms with Gasteiger partial charge >= 0.3 is 5.97 Å².